The van der Waals surface area contributed by atoms with Crippen molar-refractivity contribution in [3.05, 3.63) is 30.3 Å². The molecule has 12 heteroatoms. The molecule has 0 aromatic heterocycles. The van der Waals surface area contributed by atoms with Crippen LogP contribution in [0.4, 0.5) is 26.3 Å². The molecule has 28 heavy (non-hydrogen) atoms. The zero-order valence-corrected chi connectivity index (χ0v) is 17.5. The molecule has 0 spiro atoms. The zero-order valence-electron chi connectivity index (χ0n) is 15.6. The molecule has 0 fully saturated rings. The van der Waals surface area contributed by atoms with Crippen molar-refractivity contribution in [2.24, 2.45) is 0 Å². The summed E-state index contributed by atoms with van der Waals surface area (Å²) in [5, 5.41) is 0. The van der Waals surface area contributed by atoms with Crippen LogP contribution in [0.15, 0.2) is 30.3 Å². The van der Waals surface area contributed by atoms with Gasteiger partial charge in [0.05, 0.1) is 0 Å². The summed E-state index contributed by atoms with van der Waals surface area (Å²) >= 11 is 0. The molecule has 0 amide bonds. The average molecular weight is 452 g/mol. The van der Waals surface area contributed by atoms with Crippen molar-refractivity contribution < 1.29 is 44.5 Å². The molecule has 0 N–H and O–H groups in total. The Bertz CT molecular complexity index is 645. The normalized spacial score (nSPS) is 16.5. The Morgan fingerprint density at radius 3 is 2.07 bits per heavy atom. The van der Waals surface area contributed by atoms with Gasteiger partial charge < -0.3 is 4.52 Å². The third kappa shape index (κ3) is 10.5. The maximum absolute atomic E-state index is 13.3. The van der Waals surface area contributed by atoms with Crippen LogP contribution >= 0.6 is 7.82 Å². The fourth-order valence-corrected chi connectivity index (χ4v) is 4.73. The van der Waals surface area contributed by atoms with Gasteiger partial charge in [-0.05, 0) is 18.6 Å². The molecule has 0 bridgehead atoms. The van der Waals surface area contributed by atoms with Crippen LogP contribution in [0, 0.1) is 0 Å². The summed E-state index contributed by atoms with van der Waals surface area (Å²) in [5.74, 6) is -0.240. The van der Waals surface area contributed by atoms with Gasteiger partial charge >= 0.3 is 20.2 Å². The molecule has 162 valence electrons. The number of hydrogen-bond donors (Lipinski definition) is 0. The Morgan fingerprint density at radius 1 is 1.04 bits per heavy atom. The summed E-state index contributed by atoms with van der Waals surface area (Å²) in [7, 11) is -6.85. The monoisotopic (exact) mass is 452 g/mol. The van der Waals surface area contributed by atoms with Gasteiger partial charge in [-0.1, -0.05) is 50.3 Å². The van der Waals surface area contributed by atoms with E-state index in [9.17, 15) is 30.9 Å². The molecule has 0 radical (unpaired) electrons. The minimum Gasteiger partial charge on any atom is -0.404 e. The Balaban J connectivity index is 2.99. The molecule has 4 nitrogen and oxygen atoms in total. The first kappa shape index (κ1) is 25.0. The van der Waals surface area contributed by atoms with Crippen LogP contribution in [-0.4, -0.2) is 33.1 Å². The molecule has 1 aromatic rings. The summed E-state index contributed by atoms with van der Waals surface area (Å²) in [6.07, 6.45) is -12.9. The molecular formula is C16H23F6O4PSi. The maximum atomic E-state index is 13.3. The number of phosphoric acid groups is 1. The quantitative estimate of drug-likeness (QED) is 0.222. The van der Waals surface area contributed by atoms with Crippen LogP contribution < -0.4 is 4.52 Å². The number of benzene rings is 1. The second kappa shape index (κ2) is 9.64. The third-order valence-electron chi connectivity index (χ3n) is 3.36. The van der Waals surface area contributed by atoms with Crippen molar-refractivity contribution in [3.63, 3.8) is 0 Å². The van der Waals surface area contributed by atoms with Crippen LogP contribution in [0.25, 0.3) is 0 Å². The standard InChI is InChI=1S/C16H23F6O4PSi/c1-28(2,3)11-7-10-14(16(20,21)22)26-27(23,24-12-15(17,18)19)25-13-8-5-4-6-9-13/h4-6,8-9,14H,7,10-12H2,1-3H3. The highest BCUT2D eigenvalue weighted by atomic mass is 31.2. The first-order valence-electron chi connectivity index (χ1n) is 8.41. The predicted molar refractivity (Wildman–Crippen MR) is 95.0 cm³/mol. The Kier molecular flexibility index (Phi) is 8.61. The number of rotatable bonds is 10. The minimum atomic E-state index is -5.20. The lowest BCUT2D eigenvalue weighted by molar-refractivity contribution is -0.204. The van der Waals surface area contributed by atoms with Crippen molar-refractivity contribution in [1.82, 2.24) is 0 Å². The highest BCUT2D eigenvalue weighted by molar-refractivity contribution is 7.49. The zero-order chi connectivity index (χ0) is 21.6. The second-order valence-electron chi connectivity index (χ2n) is 7.33. The van der Waals surface area contributed by atoms with E-state index in [4.69, 9.17) is 4.52 Å². The van der Waals surface area contributed by atoms with E-state index >= 15 is 0 Å². The smallest absolute Gasteiger partial charge is 0.404 e. The number of hydrogen-bond acceptors (Lipinski definition) is 4. The van der Waals surface area contributed by atoms with E-state index < -0.39 is 47.4 Å². The lowest BCUT2D eigenvalue weighted by atomic mass is 10.2. The molecule has 0 saturated heterocycles. The van der Waals surface area contributed by atoms with Crippen molar-refractivity contribution in [3.8, 4) is 5.75 Å². The lowest BCUT2D eigenvalue weighted by Gasteiger charge is -2.26. The second-order valence-corrected chi connectivity index (χ2v) is 14.5. The number of halogens is 6. The van der Waals surface area contributed by atoms with Crippen molar-refractivity contribution in [2.45, 2.75) is 57.0 Å². The van der Waals surface area contributed by atoms with Gasteiger partial charge in [0.1, 0.15) is 5.75 Å². The van der Waals surface area contributed by atoms with Crippen LogP contribution in [0.2, 0.25) is 25.7 Å². The molecular weight excluding hydrogens is 429 g/mol. The fraction of sp³-hybridized carbons (Fsp3) is 0.625. The van der Waals surface area contributed by atoms with E-state index in [1.807, 2.05) is 19.6 Å². The number of alkyl halides is 6. The first-order chi connectivity index (χ1) is 12.6. The summed E-state index contributed by atoms with van der Waals surface area (Å²) in [6.45, 7) is 3.82. The molecule has 1 aromatic carbocycles. The Hall–Kier alpha value is -1.03. The molecule has 0 aliphatic carbocycles. The average Bonchev–Trinajstić information content (AvgIpc) is 2.50. The van der Waals surface area contributed by atoms with Crippen molar-refractivity contribution in [2.75, 3.05) is 6.61 Å². The van der Waals surface area contributed by atoms with E-state index in [0.29, 0.717) is 6.04 Å². The molecule has 2 unspecified atom stereocenters. The van der Waals surface area contributed by atoms with Crippen molar-refractivity contribution in [1.29, 1.82) is 0 Å². The van der Waals surface area contributed by atoms with Crippen LogP contribution in [0.5, 0.6) is 5.75 Å². The lowest BCUT2D eigenvalue weighted by Crippen LogP contribution is -2.33. The van der Waals surface area contributed by atoms with E-state index in [1.54, 1.807) is 0 Å². The van der Waals surface area contributed by atoms with Gasteiger partial charge in [0.2, 0.25) is 0 Å². The van der Waals surface area contributed by atoms with Gasteiger partial charge in [0.25, 0.3) is 0 Å². The van der Waals surface area contributed by atoms with Gasteiger partial charge in [-0.3, -0.25) is 9.05 Å². The topological polar surface area (TPSA) is 44.8 Å². The van der Waals surface area contributed by atoms with E-state index in [2.05, 4.69) is 9.05 Å². The molecule has 1 rings (SSSR count). The van der Waals surface area contributed by atoms with Gasteiger partial charge in [0, 0.05) is 8.07 Å². The largest absolute Gasteiger partial charge is 0.530 e. The Morgan fingerprint density at radius 2 is 1.61 bits per heavy atom. The first-order valence-corrected chi connectivity index (χ1v) is 13.6. The van der Waals surface area contributed by atoms with E-state index in [0.717, 1.165) is 0 Å². The predicted octanol–water partition coefficient (Wildman–Crippen LogP) is 6.82. The summed E-state index contributed by atoms with van der Waals surface area (Å²) in [5.41, 5.74) is 0. The van der Waals surface area contributed by atoms with Gasteiger partial charge in [0.15, 0.2) is 12.7 Å². The summed E-state index contributed by atoms with van der Waals surface area (Å²) < 4.78 is 103. The third-order valence-corrected chi connectivity index (χ3v) is 6.61. The molecule has 0 saturated carbocycles. The molecule has 0 heterocycles. The fourth-order valence-electron chi connectivity index (χ4n) is 2.09. The molecule has 2 atom stereocenters. The number of para-hydroxylation sites is 1. The minimum absolute atomic E-state index is 0.116. The summed E-state index contributed by atoms with van der Waals surface area (Å²) in [4.78, 5) is 0. The van der Waals surface area contributed by atoms with Gasteiger partial charge in [-0.15, -0.1) is 0 Å². The highest BCUT2D eigenvalue weighted by Gasteiger charge is 2.48. The molecule has 0 aliphatic heterocycles. The van der Waals surface area contributed by atoms with Crippen LogP contribution in [0.1, 0.15) is 12.8 Å². The van der Waals surface area contributed by atoms with Crippen LogP contribution in [-0.2, 0) is 13.6 Å². The molecule has 0 aliphatic rings. The van der Waals surface area contributed by atoms with E-state index in [-0.39, 0.29) is 12.2 Å². The van der Waals surface area contributed by atoms with Gasteiger partial charge in [-0.25, -0.2) is 4.57 Å². The highest BCUT2D eigenvalue weighted by Crippen LogP contribution is 2.53. The number of phosphoric ester groups is 1. The maximum Gasteiger partial charge on any atom is 0.530 e. The SMILES string of the molecule is C[Si](C)(C)CCCC(OP(=O)(OCC(F)(F)F)Oc1ccccc1)C(F)(F)F. The Labute approximate surface area is 160 Å². The van der Waals surface area contributed by atoms with E-state index in [1.165, 1.54) is 30.3 Å². The van der Waals surface area contributed by atoms with Gasteiger partial charge in [-0.2, -0.15) is 26.3 Å². The summed E-state index contributed by atoms with van der Waals surface area (Å²) in [6, 6.07) is 7.29. The van der Waals surface area contributed by atoms with Crippen molar-refractivity contribution >= 4 is 15.9 Å². The van der Waals surface area contributed by atoms with Crippen LogP contribution in [0.3, 0.4) is 0 Å².